The molecule has 2 aromatic rings. The van der Waals surface area contributed by atoms with Crippen LogP contribution in [0.2, 0.25) is 0 Å². The molecule has 2 aromatic carbocycles. The van der Waals surface area contributed by atoms with Crippen LogP contribution in [0.1, 0.15) is 18.9 Å². The van der Waals surface area contributed by atoms with Crippen molar-refractivity contribution in [3.8, 4) is 5.75 Å². The Hall–Kier alpha value is -1.36. The minimum atomic E-state index is 0.760. The van der Waals surface area contributed by atoms with Crippen LogP contribution in [0.5, 0.6) is 5.75 Å². The number of aliphatic imine (C=N–C) groups is 1. The zero-order valence-corrected chi connectivity index (χ0v) is 13.0. The first-order chi connectivity index (χ1) is 9.28. The summed E-state index contributed by atoms with van der Waals surface area (Å²) in [5.41, 5.74) is 2.04. The van der Waals surface area contributed by atoms with Gasteiger partial charge >= 0.3 is 0 Å². The highest BCUT2D eigenvalue weighted by Gasteiger charge is 1.93. The van der Waals surface area contributed by atoms with Crippen molar-refractivity contribution >= 4 is 34.5 Å². The van der Waals surface area contributed by atoms with E-state index in [0.717, 1.165) is 30.0 Å². The van der Waals surface area contributed by atoms with Gasteiger partial charge in [0.1, 0.15) is 5.75 Å². The van der Waals surface area contributed by atoms with E-state index >= 15 is 0 Å². The van der Waals surface area contributed by atoms with Gasteiger partial charge in [-0.25, -0.2) is 0 Å². The van der Waals surface area contributed by atoms with Gasteiger partial charge in [-0.05, 0) is 83.1 Å². The Balaban J connectivity index is 2.00. The lowest BCUT2D eigenvalue weighted by Crippen LogP contribution is -1.94. The standard InChI is InChI=1S/C16H16INO/c1-2-11-19-16-9-3-13(4-10-16)12-18-15-7-5-14(17)6-8-15/h3-10,12H,2,11H2,1H3. The predicted molar refractivity (Wildman–Crippen MR) is 88.6 cm³/mol. The number of halogens is 1. The highest BCUT2D eigenvalue weighted by Crippen LogP contribution is 2.15. The maximum absolute atomic E-state index is 5.54. The first-order valence-electron chi connectivity index (χ1n) is 6.30. The fourth-order valence-corrected chi connectivity index (χ4v) is 1.91. The van der Waals surface area contributed by atoms with Crippen LogP contribution in [0.4, 0.5) is 5.69 Å². The van der Waals surface area contributed by atoms with E-state index < -0.39 is 0 Å². The highest BCUT2D eigenvalue weighted by atomic mass is 127. The van der Waals surface area contributed by atoms with E-state index in [0.29, 0.717) is 0 Å². The normalized spacial score (nSPS) is 10.8. The maximum Gasteiger partial charge on any atom is 0.119 e. The lowest BCUT2D eigenvalue weighted by molar-refractivity contribution is 0.317. The topological polar surface area (TPSA) is 21.6 Å². The van der Waals surface area contributed by atoms with Gasteiger partial charge in [0.15, 0.2) is 0 Å². The average Bonchev–Trinajstić information content (AvgIpc) is 2.46. The van der Waals surface area contributed by atoms with Crippen molar-refractivity contribution in [1.29, 1.82) is 0 Å². The summed E-state index contributed by atoms with van der Waals surface area (Å²) in [7, 11) is 0. The van der Waals surface area contributed by atoms with Crippen LogP contribution in [0.3, 0.4) is 0 Å². The summed E-state index contributed by atoms with van der Waals surface area (Å²) in [6.07, 6.45) is 2.89. The quantitative estimate of drug-likeness (QED) is 0.549. The second-order valence-corrected chi connectivity index (χ2v) is 5.40. The van der Waals surface area contributed by atoms with Gasteiger partial charge in [0.25, 0.3) is 0 Å². The molecule has 0 atom stereocenters. The molecule has 0 aliphatic heterocycles. The van der Waals surface area contributed by atoms with Crippen molar-refractivity contribution in [2.75, 3.05) is 6.61 Å². The largest absolute Gasteiger partial charge is 0.494 e. The fraction of sp³-hybridized carbons (Fsp3) is 0.188. The van der Waals surface area contributed by atoms with Crippen LogP contribution in [-0.4, -0.2) is 12.8 Å². The predicted octanol–water partition coefficient (Wildman–Crippen LogP) is 4.83. The van der Waals surface area contributed by atoms with Crippen molar-refractivity contribution in [2.24, 2.45) is 4.99 Å². The molecule has 0 N–H and O–H groups in total. The summed E-state index contributed by atoms with van der Waals surface area (Å²) in [4.78, 5) is 4.44. The van der Waals surface area contributed by atoms with Gasteiger partial charge in [-0.1, -0.05) is 6.92 Å². The fourth-order valence-electron chi connectivity index (χ4n) is 1.55. The van der Waals surface area contributed by atoms with Crippen LogP contribution >= 0.6 is 22.6 Å². The molecule has 0 radical (unpaired) electrons. The molecule has 0 heterocycles. The third kappa shape index (κ3) is 4.67. The number of benzene rings is 2. The SMILES string of the molecule is CCCOc1ccc(C=Nc2ccc(I)cc2)cc1. The van der Waals surface area contributed by atoms with Gasteiger partial charge in [0.05, 0.1) is 12.3 Å². The molecule has 0 spiro atoms. The molecule has 0 bridgehead atoms. The van der Waals surface area contributed by atoms with E-state index in [1.165, 1.54) is 3.57 Å². The van der Waals surface area contributed by atoms with Crippen LogP contribution in [0.25, 0.3) is 0 Å². The van der Waals surface area contributed by atoms with E-state index in [9.17, 15) is 0 Å². The van der Waals surface area contributed by atoms with Gasteiger partial charge in [0.2, 0.25) is 0 Å². The maximum atomic E-state index is 5.54. The van der Waals surface area contributed by atoms with Crippen molar-refractivity contribution in [2.45, 2.75) is 13.3 Å². The Morgan fingerprint density at radius 3 is 2.37 bits per heavy atom. The summed E-state index contributed by atoms with van der Waals surface area (Å²) in [5.74, 6) is 0.910. The summed E-state index contributed by atoms with van der Waals surface area (Å²) in [6.45, 7) is 2.86. The highest BCUT2D eigenvalue weighted by molar-refractivity contribution is 14.1. The summed E-state index contributed by atoms with van der Waals surface area (Å²) in [5, 5.41) is 0. The number of nitrogens with zero attached hydrogens (tertiary/aromatic N) is 1. The Morgan fingerprint density at radius 1 is 1.05 bits per heavy atom. The van der Waals surface area contributed by atoms with Gasteiger partial charge in [-0.2, -0.15) is 0 Å². The molecular formula is C16H16INO. The summed E-state index contributed by atoms with van der Waals surface area (Å²) >= 11 is 2.29. The second kappa shape index (κ2) is 7.28. The zero-order chi connectivity index (χ0) is 13.5. The van der Waals surface area contributed by atoms with E-state index in [1.54, 1.807) is 0 Å². The lowest BCUT2D eigenvalue weighted by atomic mass is 10.2. The molecule has 98 valence electrons. The van der Waals surface area contributed by atoms with E-state index in [1.807, 2.05) is 42.6 Å². The third-order valence-electron chi connectivity index (χ3n) is 2.54. The van der Waals surface area contributed by atoms with Crippen LogP contribution in [0, 0.1) is 3.57 Å². The molecule has 0 aliphatic rings. The number of rotatable bonds is 5. The Labute approximate surface area is 127 Å². The Morgan fingerprint density at radius 2 is 1.74 bits per heavy atom. The van der Waals surface area contributed by atoms with Gasteiger partial charge in [-0.15, -0.1) is 0 Å². The first-order valence-corrected chi connectivity index (χ1v) is 7.38. The van der Waals surface area contributed by atoms with Crippen molar-refractivity contribution in [1.82, 2.24) is 0 Å². The monoisotopic (exact) mass is 365 g/mol. The molecule has 19 heavy (non-hydrogen) atoms. The smallest absolute Gasteiger partial charge is 0.119 e. The van der Waals surface area contributed by atoms with Crippen molar-refractivity contribution < 1.29 is 4.74 Å². The Bertz CT molecular complexity index is 532. The van der Waals surface area contributed by atoms with Gasteiger partial charge < -0.3 is 4.74 Å². The molecular weight excluding hydrogens is 349 g/mol. The number of hydrogen-bond acceptors (Lipinski definition) is 2. The molecule has 2 nitrogen and oxygen atoms in total. The molecule has 0 fully saturated rings. The first kappa shape index (κ1) is 14.1. The van der Waals surface area contributed by atoms with Crippen molar-refractivity contribution in [3.05, 3.63) is 57.7 Å². The molecule has 0 aliphatic carbocycles. The van der Waals surface area contributed by atoms with Crippen LogP contribution < -0.4 is 4.74 Å². The number of hydrogen-bond donors (Lipinski definition) is 0. The zero-order valence-electron chi connectivity index (χ0n) is 10.8. The number of ether oxygens (including phenoxy) is 1. The molecule has 0 aromatic heterocycles. The molecule has 0 saturated heterocycles. The molecule has 2 rings (SSSR count). The Kier molecular flexibility index (Phi) is 5.39. The van der Waals surface area contributed by atoms with Gasteiger partial charge in [0, 0.05) is 9.78 Å². The van der Waals surface area contributed by atoms with Crippen molar-refractivity contribution in [3.63, 3.8) is 0 Å². The average molecular weight is 365 g/mol. The van der Waals surface area contributed by atoms with E-state index in [4.69, 9.17) is 4.74 Å². The minimum Gasteiger partial charge on any atom is -0.494 e. The summed E-state index contributed by atoms with van der Waals surface area (Å²) < 4.78 is 6.76. The van der Waals surface area contributed by atoms with Gasteiger partial charge in [-0.3, -0.25) is 4.99 Å². The summed E-state index contributed by atoms with van der Waals surface area (Å²) in [6, 6.07) is 16.1. The van der Waals surface area contributed by atoms with Crippen LogP contribution in [-0.2, 0) is 0 Å². The molecule has 0 saturated carbocycles. The minimum absolute atomic E-state index is 0.760. The third-order valence-corrected chi connectivity index (χ3v) is 3.26. The van der Waals surface area contributed by atoms with E-state index in [2.05, 4.69) is 46.6 Å². The molecule has 0 amide bonds. The molecule has 3 heteroatoms. The molecule has 0 unspecified atom stereocenters. The van der Waals surface area contributed by atoms with Crippen LogP contribution in [0.15, 0.2) is 53.5 Å². The van der Waals surface area contributed by atoms with E-state index in [-0.39, 0.29) is 0 Å². The second-order valence-electron chi connectivity index (χ2n) is 4.15. The lowest BCUT2D eigenvalue weighted by Gasteiger charge is -2.03.